The standard InChI is InChI=1S/C11H11N5/c1-8-3-4-9(2)16(8)15-11-7-13-10(5-12)6-14-11/h3-4,6-7H,1-2H3,(H,14,15). The van der Waals surface area contributed by atoms with Crippen LogP contribution >= 0.6 is 0 Å². The van der Waals surface area contributed by atoms with Gasteiger partial charge in [0.05, 0.1) is 12.4 Å². The van der Waals surface area contributed by atoms with Gasteiger partial charge in [-0.15, -0.1) is 0 Å². The second-order valence-corrected chi connectivity index (χ2v) is 3.46. The van der Waals surface area contributed by atoms with Gasteiger partial charge >= 0.3 is 0 Å². The van der Waals surface area contributed by atoms with E-state index in [0.29, 0.717) is 11.5 Å². The molecule has 2 heterocycles. The van der Waals surface area contributed by atoms with Gasteiger partial charge in [0.15, 0.2) is 11.5 Å². The molecule has 0 radical (unpaired) electrons. The van der Waals surface area contributed by atoms with Gasteiger partial charge in [-0.3, -0.25) is 10.1 Å². The number of rotatable bonds is 2. The second-order valence-electron chi connectivity index (χ2n) is 3.46. The molecule has 0 spiro atoms. The lowest BCUT2D eigenvalue weighted by atomic mass is 10.5. The molecule has 16 heavy (non-hydrogen) atoms. The van der Waals surface area contributed by atoms with Gasteiger partial charge in [0.25, 0.3) is 0 Å². The van der Waals surface area contributed by atoms with E-state index in [2.05, 4.69) is 15.4 Å². The Morgan fingerprint density at radius 2 is 1.88 bits per heavy atom. The van der Waals surface area contributed by atoms with E-state index >= 15 is 0 Å². The van der Waals surface area contributed by atoms with E-state index in [9.17, 15) is 0 Å². The van der Waals surface area contributed by atoms with Crippen LogP contribution < -0.4 is 5.43 Å². The van der Waals surface area contributed by atoms with Crippen LogP contribution in [-0.2, 0) is 0 Å². The van der Waals surface area contributed by atoms with Gasteiger partial charge in [-0.1, -0.05) is 0 Å². The third-order valence-electron chi connectivity index (χ3n) is 2.26. The highest BCUT2D eigenvalue weighted by atomic mass is 15.4. The SMILES string of the molecule is Cc1ccc(C)n1Nc1cnc(C#N)cn1. The Kier molecular flexibility index (Phi) is 2.56. The van der Waals surface area contributed by atoms with E-state index in [-0.39, 0.29) is 0 Å². The average molecular weight is 213 g/mol. The molecule has 0 aliphatic carbocycles. The van der Waals surface area contributed by atoms with E-state index in [1.165, 1.54) is 12.4 Å². The molecule has 0 aliphatic heterocycles. The normalized spacial score (nSPS) is 9.81. The predicted molar refractivity (Wildman–Crippen MR) is 59.7 cm³/mol. The fraction of sp³-hybridized carbons (Fsp3) is 0.182. The van der Waals surface area contributed by atoms with Gasteiger partial charge in [-0.05, 0) is 26.0 Å². The maximum atomic E-state index is 8.60. The number of hydrogen-bond acceptors (Lipinski definition) is 4. The molecule has 2 rings (SSSR count). The van der Waals surface area contributed by atoms with Crippen LogP contribution in [0.25, 0.3) is 0 Å². The number of hydrogen-bond donors (Lipinski definition) is 1. The molecule has 0 fully saturated rings. The Morgan fingerprint density at radius 3 is 2.38 bits per heavy atom. The van der Waals surface area contributed by atoms with E-state index in [1.54, 1.807) is 0 Å². The Hall–Kier alpha value is -2.35. The quantitative estimate of drug-likeness (QED) is 0.823. The van der Waals surface area contributed by atoms with Crippen molar-refractivity contribution < 1.29 is 0 Å². The van der Waals surface area contributed by atoms with Gasteiger partial charge in [0, 0.05) is 11.4 Å². The molecule has 2 aromatic heterocycles. The summed E-state index contributed by atoms with van der Waals surface area (Å²) >= 11 is 0. The number of aryl methyl sites for hydroxylation is 2. The van der Waals surface area contributed by atoms with Gasteiger partial charge < -0.3 is 0 Å². The zero-order valence-corrected chi connectivity index (χ0v) is 9.10. The molecular formula is C11H11N5. The van der Waals surface area contributed by atoms with Crippen molar-refractivity contribution in [1.29, 1.82) is 5.26 Å². The Bertz CT molecular complexity index is 513. The zero-order chi connectivity index (χ0) is 11.5. The number of nitriles is 1. The van der Waals surface area contributed by atoms with Gasteiger partial charge in [-0.25, -0.2) is 9.97 Å². The molecule has 0 bridgehead atoms. The molecule has 0 aliphatic rings. The maximum Gasteiger partial charge on any atom is 0.163 e. The third-order valence-corrected chi connectivity index (χ3v) is 2.26. The second kappa shape index (κ2) is 4.03. The lowest BCUT2D eigenvalue weighted by molar-refractivity contribution is 0.867. The number of nitrogens with one attached hydrogen (secondary N) is 1. The minimum atomic E-state index is 0.312. The summed E-state index contributed by atoms with van der Waals surface area (Å²) in [5, 5.41) is 8.60. The van der Waals surface area contributed by atoms with Crippen molar-refractivity contribution in [2.75, 3.05) is 5.43 Å². The summed E-state index contributed by atoms with van der Waals surface area (Å²) in [6, 6.07) is 5.95. The molecule has 0 amide bonds. The lowest BCUT2D eigenvalue weighted by Crippen LogP contribution is -2.13. The topological polar surface area (TPSA) is 66.5 Å². The van der Waals surface area contributed by atoms with Crippen molar-refractivity contribution in [3.8, 4) is 6.07 Å². The first kappa shape index (κ1) is 10.2. The van der Waals surface area contributed by atoms with E-state index < -0.39 is 0 Å². The molecule has 5 heteroatoms. The molecule has 0 saturated heterocycles. The van der Waals surface area contributed by atoms with E-state index in [1.807, 2.05) is 36.7 Å². The first-order chi connectivity index (χ1) is 7.70. The summed E-state index contributed by atoms with van der Waals surface area (Å²) in [6.45, 7) is 3.99. The summed E-state index contributed by atoms with van der Waals surface area (Å²) in [4.78, 5) is 8.03. The van der Waals surface area contributed by atoms with Crippen LogP contribution in [0.1, 0.15) is 17.1 Å². The van der Waals surface area contributed by atoms with Crippen LogP contribution in [-0.4, -0.2) is 14.6 Å². The van der Waals surface area contributed by atoms with Crippen LogP contribution in [0.4, 0.5) is 5.82 Å². The molecule has 0 atom stereocenters. The first-order valence-electron chi connectivity index (χ1n) is 4.85. The van der Waals surface area contributed by atoms with Crippen LogP contribution in [0, 0.1) is 25.2 Å². The van der Waals surface area contributed by atoms with Gasteiger partial charge in [0.1, 0.15) is 6.07 Å². The highest BCUT2D eigenvalue weighted by Crippen LogP contribution is 2.08. The van der Waals surface area contributed by atoms with Crippen LogP contribution in [0.3, 0.4) is 0 Å². The highest BCUT2D eigenvalue weighted by molar-refractivity contribution is 5.34. The molecule has 0 saturated carbocycles. The van der Waals surface area contributed by atoms with E-state index in [0.717, 1.165) is 11.4 Å². The average Bonchev–Trinajstić information content (AvgIpc) is 2.62. The number of aromatic nitrogens is 3. The van der Waals surface area contributed by atoms with Crippen molar-refractivity contribution in [2.24, 2.45) is 0 Å². The molecular weight excluding hydrogens is 202 g/mol. The summed E-state index contributed by atoms with van der Waals surface area (Å²) in [5.74, 6) is 0.612. The Morgan fingerprint density at radius 1 is 1.19 bits per heavy atom. The van der Waals surface area contributed by atoms with Crippen LogP contribution in [0.15, 0.2) is 24.5 Å². The fourth-order valence-corrected chi connectivity index (χ4v) is 1.40. The van der Waals surface area contributed by atoms with Gasteiger partial charge in [0.2, 0.25) is 0 Å². The van der Waals surface area contributed by atoms with E-state index in [4.69, 9.17) is 5.26 Å². The molecule has 1 N–H and O–H groups in total. The van der Waals surface area contributed by atoms with Crippen molar-refractivity contribution in [2.45, 2.75) is 13.8 Å². The molecule has 5 nitrogen and oxygen atoms in total. The predicted octanol–water partition coefficient (Wildman–Crippen LogP) is 1.64. The lowest BCUT2D eigenvalue weighted by Gasteiger charge is -2.10. The molecule has 0 aromatic carbocycles. The highest BCUT2D eigenvalue weighted by Gasteiger charge is 2.02. The summed E-state index contributed by atoms with van der Waals surface area (Å²) in [6.07, 6.45) is 2.98. The monoisotopic (exact) mass is 213 g/mol. The minimum absolute atomic E-state index is 0.312. The zero-order valence-electron chi connectivity index (χ0n) is 9.10. The van der Waals surface area contributed by atoms with Gasteiger partial charge in [-0.2, -0.15) is 5.26 Å². The Labute approximate surface area is 93.4 Å². The number of anilines is 1. The summed E-state index contributed by atoms with van der Waals surface area (Å²) in [7, 11) is 0. The summed E-state index contributed by atoms with van der Waals surface area (Å²) < 4.78 is 1.91. The van der Waals surface area contributed by atoms with Crippen molar-refractivity contribution >= 4 is 5.82 Å². The van der Waals surface area contributed by atoms with Crippen LogP contribution in [0.2, 0.25) is 0 Å². The summed E-state index contributed by atoms with van der Waals surface area (Å²) in [5.41, 5.74) is 5.59. The van der Waals surface area contributed by atoms with Crippen molar-refractivity contribution in [1.82, 2.24) is 14.6 Å². The Balaban J connectivity index is 2.25. The maximum absolute atomic E-state index is 8.60. The number of nitrogens with zero attached hydrogens (tertiary/aromatic N) is 4. The molecule has 2 aromatic rings. The minimum Gasteiger partial charge on any atom is -0.276 e. The third kappa shape index (κ3) is 1.86. The van der Waals surface area contributed by atoms with Crippen LogP contribution in [0.5, 0.6) is 0 Å². The first-order valence-corrected chi connectivity index (χ1v) is 4.85. The largest absolute Gasteiger partial charge is 0.276 e. The smallest absolute Gasteiger partial charge is 0.163 e. The molecule has 80 valence electrons. The van der Waals surface area contributed by atoms with Crippen molar-refractivity contribution in [3.63, 3.8) is 0 Å². The van der Waals surface area contributed by atoms with Crippen molar-refractivity contribution in [3.05, 3.63) is 41.6 Å². The fourth-order valence-electron chi connectivity index (χ4n) is 1.40. The molecule has 0 unspecified atom stereocenters.